The first-order chi connectivity index (χ1) is 12.3. The summed E-state index contributed by atoms with van der Waals surface area (Å²) in [5.74, 6) is -0.151. The van der Waals surface area contributed by atoms with Crippen molar-refractivity contribution in [1.29, 1.82) is 0 Å². The van der Waals surface area contributed by atoms with E-state index < -0.39 is 4.92 Å². The predicted molar refractivity (Wildman–Crippen MR) is 106 cm³/mol. The van der Waals surface area contributed by atoms with E-state index in [1.54, 1.807) is 31.1 Å². The zero-order valence-electron chi connectivity index (χ0n) is 14.2. The lowest BCUT2D eigenvalue weighted by molar-refractivity contribution is -0.384. The number of carbonyl (C=O) groups is 1. The van der Waals surface area contributed by atoms with Crippen molar-refractivity contribution in [2.45, 2.75) is 6.54 Å². The number of hydrogen-bond donors (Lipinski definition) is 2. The third-order valence-electron chi connectivity index (χ3n) is 3.61. The molecule has 0 heterocycles. The van der Waals surface area contributed by atoms with Crippen molar-refractivity contribution in [2.24, 2.45) is 0 Å². The van der Waals surface area contributed by atoms with Gasteiger partial charge < -0.3 is 15.5 Å². The first-order valence-electron chi connectivity index (χ1n) is 7.59. The molecule has 0 saturated heterocycles. The van der Waals surface area contributed by atoms with E-state index in [0.29, 0.717) is 27.9 Å². The van der Waals surface area contributed by atoms with Gasteiger partial charge >= 0.3 is 0 Å². The SMILES string of the molecule is CNC(=O)c1ccc(CN(C)C(=S)Nc2cc([N+](=O)[O-])ccc2Cl)cc1. The molecule has 1 amide bonds. The van der Waals surface area contributed by atoms with Crippen LogP contribution < -0.4 is 10.6 Å². The molecular weight excluding hydrogens is 376 g/mol. The Morgan fingerprint density at radius 2 is 1.92 bits per heavy atom. The number of thiocarbonyl (C=S) groups is 1. The molecular formula is C17H17ClN4O3S. The summed E-state index contributed by atoms with van der Waals surface area (Å²) in [4.78, 5) is 23.7. The fourth-order valence-electron chi connectivity index (χ4n) is 2.18. The predicted octanol–water partition coefficient (Wildman–Crippen LogP) is 3.44. The quantitative estimate of drug-likeness (QED) is 0.460. The van der Waals surface area contributed by atoms with Crippen molar-refractivity contribution >= 4 is 46.2 Å². The van der Waals surface area contributed by atoms with Gasteiger partial charge in [0.1, 0.15) is 0 Å². The van der Waals surface area contributed by atoms with Gasteiger partial charge in [0.15, 0.2) is 5.11 Å². The highest BCUT2D eigenvalue weighted by Crippen LogP contribution is 2.27. The zero-order chi connectivity index (χ0) is 19.3. The summed E-state index contributed by atoms with van der Waals surface area (Å²) in [6.45, 7) is 0.492. The van der Waals surface area contributed by atoms with Crippen LogP contribution in [0.5, 0.6) is 0 Å². The standard InChI is InChI=1S/C17H17ClN4O3S/c1-19-16(23)12-5-3-11(4-6-12)10-21(2)17(26)20-15-9-13(22(24)25)7-8-14(15)18/h3-9H,10H2,1-2H3,(H,19,23)(H,20,26). The molecule has 26 heavy (non-hydrogen) atoms. The molecule has 136 valence electrons. The molecule has 0 atom stereocenters. The molecule has 0 bridgehead atoms. The van der Waals surface area contributed by atoms with Crippen molar-refractivity contribution in [3.05, 3.63) is 68.7 Å². The minimum atomic E-state index is -0.498. The summed E-state index contributed by atoms with van der Waals surface area (Å²) >= 11 is 11.4. The Balaban J connectivity index is 2.05. The van der Waals surface area contributed by atoms with E-state index in [1.807, 2.05) is 12.1 Å². The van der Waals surface area contributed by atoms with Crippen LogP contribution in [-0.2, 0) is 6.54 Å². The number of hydrogen-bond acceptors (Lipinski definition) is 4. The first-order valence-corrected chi connectivity index (χ1v) is 8.37. The van der Waals surface area contributed by atoms with Gasteiger partial charge in [-0.05, 0) is 36.0 Å². The molecule has 0 saturated carbocycles. The smallest absolute Gasteiger partial charge is 0.271 e. The molecule has 0 spiro atoms. The molecule has 0 aliphatic heterocycles. The Morgan fingerprint density at radius 3 is 2.50 bits per heavy atom. The molecule has 0 aliphatic rings. The Kier molecular flexibility index (Phi) is 6.48. The summed E-state index contributed by atoms with van der Waals surface area (Å²) < 4.78 is 0. The van der Waals surface area contributed by atoms with E-state index in [9.17, 15) is 14.9 Å². The minimum absolute atomic E-state index is 0.0767. The van der Waals surface area contributed by atoms with E-state index >= 15 is 0 Å². The molecule has 0 fully saturated rings. The lowest BCUT2D eigenvalue weighted by atomic mass is 10.1. The topological polar surface area (TPSA) is 87.5 Å². The normalized spacial score (nSPS) is 10.1. The second kappa shape index (κ2) is 8.59. The molecule has 0 aliphatic carbocycles. The Hall–Kier alpha value is -2.71. The van der Waals surface area contributed by atoms with Crippen LogP contribution in [0.15, 0.2) is 42.5 Å². The molecule has 2 rings (SSSR count). The van der Waals surface area contributed by atoms with Crippen LogP contribution in [0.25, 0.3) is 0 Å². The van der Waals surface area contributed by atoms with Crippen molar-refractivity contribution in [2.75, 3.05) is 19.4 Å². The van der Waals surface area contributed by atoms with E-state index in [4.69, 9.17) is 23.8 Å². The van der Waals surface area contributed by atoms with E-state index in [-0.39, 0.29) is 11.6 Å². The number of rotatable bonds is 5. The molecule has 0 unspecified atom stereocenters. The number of benzene rings is 2. The van der Waals surface area contributed by atoms with Gasteiger partial charge in [-0.1, -0.05) is 23.7 Å². The maximum absolute atomic E-state index is 11.6. The average molecular weight is 393 g/mol. The summed E-state index contributed by atoms with van der Waals surface area (Å²) in [6.07, 6.45) is 0. The Morgan fingerprint density at radius 1 is 1.27 bits per heavy atom. The number of halogens is 1. The lowest BCUT2D eigenvalue weighted by Crippen LogP contribution is -2.30. The summed E-state index contributed by atoms with van der Waals surface area (Å²) in [7, 11) is 3.36. The van der Waals surface area contributed by atoms with Gasteiger partial charge in [0, 0.05) is 38.3 Å². The van der Waals surface area contributed by atoms with Gasteiger partial charge in [0.05, 0.1) is 15.6 Å². The highest BCUT2D eigenvalue weighted by atomic mass is 35.5. The van der Waals surface area contributed by atoms with Crippen LogP contribution in [0.4, 0.5) is 11.4 Å². The number of amides is 1. The fourth-order valence-corrected chi connectivity index (χ4v) is 2.52. The molecule has 7 nitrogen and oxygen atoms in total. The zero-order valence-corrected chi connectivity index (χ0v) is 15.7. The number of carbonyl (C=O) groups excluding carboxylic acids is 1. The molecule has 2 aromatic carbocycles. The summed E-state index contributed by atoms with van der Waals surface area (Å²) in [5.41, 5.74) is 1.82. The van der Waals surface area contributed by atoms with Crippen LogP contribution in [0, 0.1) is 10.1 Å². The third-order valence-corrected chi connectivity index (χ3v) is 4.36. The van der Waals surface area contributed by atoms with Crippen LogP contribution in [0.3, 0.4) is 0 Å². The maximum Gasteiger partial charge on any atom is 0.271 e. The maximum atomic E-state index is 11.6. The second-order valence-electron chi connectivity index (χ2n) is 5.48. The van der Waals surface area contributed by atoms with E-state index in [2.05, 4.69) is 10.6 Å². The largest absolute Gasteiger partial charge is 0.355 e. The Bertz CT molecular complexity index is 842. The van der Waals surface area contributed by atoms with Gasteiger partial charge in [-0.25, -0.2) is 0 Å². The van der Waals surface area contributed by atoms with Gasteiger partial charge in [0.2, 0.25) is 0 Å². The van der Waals surface area contributed by atoms with Crippen LogP contribution in [-0.4, -0.2) is 34.9 Å². The number of nitrogens with zero attached hydrogens (tertiary/aromatic N) is 2. The highest BCUT2D eigenvalue weighted by molar-refractivity contribution is 7.80. The van der Waals surface area contributed by atoms with Gasteiger partial charge in [0.25, 0.3) is 11.6 Å². The van der Waals surface area contributed by atoms with Crippen LogP contribution in [0.2, 0.25) is 5.02 Å². The van der Waals surface area contributed by atoms with Gasteiger partial charge in [-0.3, -0.25) is 14.9 Å². The van der Waals surface area contributed by atoms with Crippen molar-refractivity contribution < 1.29 is 9.72 Å². The fraction of sp³-hybridized carbons (Fsp3) is 0.176. The molecule has 2 N–H and O–H groups in total. The molecule has 0 aromatic heterocycles. The monoisotopic (exact) mass is 392 g/mol. The number of nitro groups is 1. The van der Waals surface area contributed by atoms with Gasteiger partial charge in [-0.2, -0.15) is 0 Å². The second-order valence-corrected chi connectivity index (χ2v) is 6.28. The summed E-state index contributed by atoms with van der Waals surface area (Å²) in [5, 5.41) is 17.1. The molecule has 0 radical (unpaired) electrons. The summed E-state index contributed by atoms with van der Waals surface area (Å²) in [6, 6.07) is 11.2. The van der Waals surface area contributed by atoms with Crippen LogP contribution in [0.1, 0.15) is 15.9 Å². The van der Waals surface area contributed by atoms with Crippen LogP contribution >= 0.6 is 23.8 Å². The third kappa shape index (κ3) is 4.90. The highest BCUT2D eigenvalue weighted by Gasteiger charge is 2.13. The number of anilines is 1. The van der Waals surface area contributed by atoms with Crippen molar-refractivity contribution in [3.63, 3.8) is 0 Å². The lowest BCUT2D eigenvalue weighted by Gasteiger charge is -2.21. The minimum Gasteiger partial charge on any atom is -0.355 e. The van der Waals surface area contributed by atoms with E-state index in [0.717, 1.165) is 5.56 Å². The van der Waals surface area contributed by atoms with Crippen molar-refractivity contribution in [1.82, 2.24) is 10.2 Å². The van der Waals surface area contributed by atoms with Gasteiger partial charge in [-0.15, -0.1) is 0 Å². The molecule has 2 aromatic rings. The first kappa shape index (κ1) is 19.6. The molecule has 9 heteroatoms. The number of nitrogens with one attached hydrogen (secondary N) is 2. The average Bonchev–Trinajstić information content (AvgIpc) is 2.63. The Labute approximate surface area is 161 Å². The van der Waals surface area contributed by atoms with Crippen molar-refractivity contribution in [3.8, 4) is 0 Å². The number of nitro benzene ring substituents is 1. The van der Waals surface area contributed by atoms with E-state index in [1.165, 1.54) is 18.2 Å². The number of non-ortho nitro benzene ring substituents is 1.